The number of carbonyl (C=O) groups is 1. The fraction of sp³-hybridized carbons (Fsp3) is 0.462. The van der Waals surface area contributed by atoms with Gasteiger partial charge in [0.25, 0.3) is 0 Å². The van der Waals surface area contributed by atoms with Crippen molar-refractivity contribution >= 4 is 32.8 Å². The molecule has 2 unspecified atom stereocenters. The summed E-state index contributed by atoms with van der Waals surface area (Å²) >= 11 is 4.52. The lowest BCUT2D eigenvalue weighted by atomic mass is 9.98. The molecule has 100 valence electrons. The molecule has 0 fully saturated rings. The van der Waals surface area contributed by atoms with Gasteiger partial charge in [-0.25, -0.2) is 0 Å². The number of aryl methyl sites for hydroxylation is 1. The molecule has 1 aromatic rings. The van der Waals surface area contributed by atoms with Crippen LogP contribution in [0.4, 0.5) is 0 Å². The summed E-state index contributed by atoms with van der Waals surface area (Å²) < 4.78 is 0.942. The first-order valence-corrected chi connectivity index (χ1v) is 7.45. The molecule has 0 saturated heterocycles. The Labute approximate surface area is 120 Å². The van der Waals surface area contributed by atoms with Crippen molar-refractivity contribution in [2.45, 2.75) is 32.5 Å². The normalized spacial score (nSPS) is 14.3. The van der Waals surface area contributed by atoms with E-state index in [1.54, 1.807) is 6.07 Å². The van der Waals surface area contributed by atoms with E-state index in [1.165, 1.54) is 6.92 Å². The van der Waals surface area contributed by atoms with Crippen LogP contribution in [0.25, 0.3) is 0 Å². The minimum Gasteiger partial charge on any atom is -0.390 e. The molecule has 0 aliphatic heterocycles. The summed E-state index contributed by atoms with van der Waals surface area (Å²) in [5, 5.41) is 20.0. The Kier molecular flexibility index (Phi) is 6.35. The average molecular weight is 333 g/mol. The molecule has 0 bridgehead atoms. The second-order valence-electron chi connectivity index (χ2n) is 4.14. The van der Waals surface area contributed by atoms with Crippen molar-refractivity contribution in [3.8, 4) is 0 Å². The number of hydrogen-bond donors (Lipinski definition) is 2. The van der Waals surface area contributed by atoms with Gasteiger partial charge in [0, 0.05) is 17.1 Å². The number of aliphatic hydroxyl groups is 2. The van der Waals surface area contributed by atoms with Gasteiger partial charge in [0.15, 0.2) is 5.12 Å². The third-order valence-corrected chi connectivity index (χ3v) is 3.97. The van der Waals surface area contributed by atoms with E-state index in [9.17, 15) is 15.0 Å². The SMILES string of the molecule is CC(=O)SCCC(O)C(O)c1ccc(Br)cc1C. The predicted molar refractivity (Wildman–Crippen MR) is 77.6 cm³/mol. The molecule has 2 N–H and O–H groups in total. The van der Waals surface area contributed by atoms with Crippen LogP contribution in [0.3, 0.4) is 0 Å². The lowest BCUT2D eigenvalue weighted by molar-refractivity contribution is -0.109. The molecule has 0 heterocycles. The second-order valence-corrected chi connectivity index (χ2v) is 6.33. The zero-order valence-electron chi connectivity index (χ0n) is 10.4. The number of rotatable bonds is 5. The van der Waals surface area contributed by atoms with Gasteiger partial charge in [0.1, 0.15) is 6.10 Å². The molecule has 0 spiro atoms. The van der Waals surface area contributed by atoms with Gasteiger partial charge in [0.2, 0.25) is 0 Å². The summed E-state index contributed by atoms with van der Waals surface area (Å²) in [4.78, 5) is 10.8. The summed E-state index contributed by atoms with van der Waals surface area (Å²) in [6.07, 6.45) is -1.37. The quantitative estimate of drug-likeness (QED) is 0.870. The predicted octanol–water partition coefficient (Wildman–Crippen LogP) is 2.82. The summed E-state index contributed by atoms with van der Waals surface area (Å²) in [6.45, 7) is 3.38. The van der Waals surface area contributed by atoms with Crippen molar-refractivity contribution in [2.24, 2.45) is 0 Å². The molecule has 1 rings (SSSR count). The molecule has 5 heteroatoms. The zero-order valence-corrected chi connectivity index (χ0v) is 12.8. The van der Waals surface area contributed by atoms with Gasteiger partial charge in [0.05, 0.1) is 6.10 Å². The van der Waals surface area contributed by atoms with Gasteiger partial charge >= 0.3 is 0 Å². The topological polar surface area (TPSA) is 57.5 Å². The first-order chi connectivity index (χ1) is 8.41. The van der Waals surface area contributed by atoms with Crippen molar-refractivity contribution in [2.75, 3.05) is 5.75 Å². The molecule has 0 radical (unpaired) electrons. The minimum atomic E-state index is -0.911. The molecule has 0 aliphatic rings. The molecule has 2 atom stereocenters. The van der Waals surface area contributed by atoms with Crippen LogP contribution in [0.2, 0.25) is 0 Å². The van der Waals surface area contributed by atoms with Crippen LogP contribution < -0.4 is 0 Å². The minimum absolute atomic E-state index is 0.0245. The Bertz CT molecular complexity index is 423. The van der Waals surface area contributed by atoms with E-state index in [4.69, 9.17) is 0 Å². The number of benzene rings is 1. The Morgan fingerprint density at radius 2 is 2.11 bits per heavy atom. The van der Waals surface area contributed by atoms with Crippen molar-refractivity contribution in [3.63, 3.8) is 0 Å². The highest BCUT2D eigenvalue weighted by Gasteiger charge is 2.20. The zero-order chi connectivity index (χ0) is 13.7. The van der Waals surface area contributed by atoms with Crippen LogP contribution in [0.1, 0.15) is 30.6 Å². The maximum absolute atomic E-state index is 10.8. The Balaban J connectivity index is 2.62. The monoisotopic (exact) mass is 332 g/mol. The van der Waals surface area contributed by atoms with E-state index in [1.807, 2.05) is 19.1 Å². The van der Waals surface area contributed by atoms with Gasteiger partial charge in [-0.05, 0) is 36.6 Å². The van der Waals surface area contributed by atoms with Crippen LogP contribution in [0, 0.1) is 6.92 Å². The third-order valence-electron chi connectivity index (χ3n) is 2.63. The van der Waals surface area contributed by atoms with Crippen molar-refractivity contribution in [3.05, 3.63) is 33.8 Å². The highest BCUT2D eigenvalue weighted by atomic mass is 79.9. The molecule has 1 aromatic carbocycles. The maximum Gasteiger partial charge on any atom is 0.185 e. The molecule has 0 aliphatic carbocycles. The molecular formula is C13H17BrO3S. The summed E-state index contributed by atoms with van der Waals surface area (Å²) in [6, 6.07) is 5.53. The first-order valence-electron chi connectivity index (χ1n) is 5.67. The molecule has 0 saturated carbocycles. The van der Waals surface area contributed by atoms with E-state index < -0.39 is 12.2 Å². The second kappa shape index (κ2) is 7.28. The van der Waals surface area contributed by atoms with Crippen molar-refractivity contribution in [1.29, 1.82) is 0 Å². The number of halogens is 1. The fourth-order valence-electron chi connectivity index (χ4n) is 1.66. The van der Waals surface area contributed by atoms with E-state index >= 15 is 0 Å². The van der Waals surface area contributed by atoms with Gasteiger partial charge in [-0.3, -0.25) is 4.79 Å². The van der Waals surface area contributed by atoms with Crippen molar-refractivity contribution < 1.29 is 15.0 Å². The maximum atomic E-state index is 10.8. The third kappa shape index (κ3) is 4.72. The van der Waals surface area contributed by atoms with E-state index in [-0.39, 0.29) is 5.12 Å². The van der Waals surface area contributed by atoms with Gasteiger partial charge in [-0.2, -0.15) is 0 Å². The molecule has 3 nitrogen and oxygen atoms in total. The Hall–Kier alpha value is -0.360. The average Bonchev–Trinajstić information content (AvgIpc) is 2.27. The highest BCUT2D eigenvalue weighted by molar-refractivity contribution is 9.10. The van der Waals surface area contributed by atoms with Gasteiger partial charge in [-0.15, -0.1) is 0 Å². The lowest BCUT2D eigenvalue weighted by Crippen LogP contribution is -2.20. The van der Waals surface area contributed by atoms with E-state index in [2.05, 4.69) is 15.9 Å². The van der Waals surface area contributed by atoms with Crippen LogP contribution >= 0.6 is 27.7 Å². The van der Waals surface area contributed by atoms with Gasteiger partial charge in [-0.1, -0.05) is 33.8 Å². The standard InChI is InChI=1S/C13H17BrO3S/c1-8-7-10(14)3-4-11(8)13(17)12(16)5-6-18-9(2)15/h3-4,7,12-13,16-17H,5-6H2,1-2H3. The molecule has 0 aromatic heterocycles. The number of thioether (sulfide) groups is 1. The molecule has 0 amide bonds. The Morgan fingerprint density at radius 3 is 2.67 bits per heavy atom. The van der Waals surface area contributed by atoms with Crippen molar-refractivity contribution in [1.82, 2.24) is 0 Å². The fourth-order valence-corrected chi connectivity index (χ4v) is 2.78. The summed E-state index contributed by atoms with van der Waals surface area (Å²) in [5.41, 5.74) is 1.65. The smallest absolute Gasteiger partial charge is 0.185 e. The van der Waals surface area contributed by atoms with Crippen LogP contribution in [-0.4, -0.2) is 27.2 Å². The Morgan fingerprint density at radius 1 is 1.44 bits per heavy atom. The van der Waals surface area contributed by atoms with E-state index in [0.29, 0.717) is 12.2 Å². The van der Waals surface area contributed by atoms with Gasteiger partial charge < -0.3 is 10.2 Å². The molecule has 18 heavy (non-hydrogen) atoms. The first kappa shape index (κ1) is 15.7. The summed E-state index contributed by atoms with van der Waals surface area (Å²) in [5.74, 6) is 0.517. The largest absolute Gasteiger partial charge is 0.390 e. The number of aliphatic hydroxyl groups excluding tert-OH is 2. The number of carbonyl (C=O) groups excluding carboxylic acids is 1. The van der Waals surface area contributed by atoms with E-state index in [0.717, 1.165) is 27.4 Å². The van der Waals surface area contributed by atoms with Crippen LogP contribution in [0.5, 0.6) is 0 Å². The van der Waals surface area contributed by atoms with Crippen LogP contribution in [-0.2, 0) is 4.79 Å². The molecular weight excluding hydrogens is 316 g/mol. The lowest BCUT2D eigenvalue weighted by Gasteiger charge is -2.19. The van der Waals surface area contributed by atoms with Crippen LogP contribution in [0.15, 0.2) is 22.7 Å². The summed E-state index contributed by atoms with van der Waals surface area (Å²) in [7, 11) is 0. The highest BCUT2D eigenvalue weighted by Crippen LogP contribution is 2.25. The number of hydrogen-bond acceptors (Lipinski definition) is 4.